The minimum atomic E-state index is 0.664. The molecule has 0 aliphatic heterocycles. The predicted octanol–water partition coefficient (Wildman–Crippen LogP) is 3.66. The van der Waals surface area contributed by atoms with Gasteiger partial charge < -0.3 is 10.6 Å². The Labute approximate surface area is 114 Å². The summed E-state index contributed by atoms with van der Waals surface area (Å²) in [5.74, 6) is 1.47. The van der Waals surface area contributed by atoms with Crippen LogP contribution in [0.1, 0.15) is 24.5 Å². The monoisotopic (exact) mass is 256 g/mol. The zero-order valence-electron chi connectivity index (χ0n) is 11.7. The molecule has 1 aromatic carbocycles. The molecule has 0 amide bonds. The Hall–Kier alpha value is -2.10. The number of aromatic nitrogens is 2. The largest absolute Gasteiger partial charge is 0.354 e. The molecule has 1 aromatic heterocycles. The molecule has 0 unspecified atom stereocenters. The number of hydrogen-bond acceptors (Lipinski definition) is 4. The van der Waals surface area contributed by atoms with Gasteiger partial charge in [-0.1, -0.05) is 19.1 Å². The van der Waals surface area contributed by atoms with Crippen LogP contribution in [0.25, 0.3) is 0 Å². The van der Waals surface area contributed by atoms with Crippen molar-refractivity contribution in [3.63, 3.8) is 0 Å². The summed E-state index contributed by atoms with van der Waals surface area (Å²) >= 11 is 0. The molecule has 2 N–H and O–H groups in total. The van der Waals surface area contributed by atoms with E-state index in [0.29, 0.717) is 5.95 Å². The van der Waals surface area contributed by atoms with Crippen molar-refractivity contribution >= 4 is 17.5 Å². The fourth-order valence-electron chi connectivity index (χ4n) is 1.77. The Morgan fingerprint density at radius 3 is 2.79 bits per heavy atom. The number of rotatable bonds is 5. The van der Waals surface area contributed by atoms with Gasteiger partial charge in [-0.3, -0.25) is 0 Å². The highest BCUT2D eigenvalue weighted by molar-refractivity contribution is 5.62. The van der Waals surface area contributed by atoms with E-state index >= 15 is 0 Å². The number of nitrogens with zero attached hydrogens (tertiary/aromatic N) is 2. The van der Waals surface area contributed by atoms with Gasteiger partial charge in [0, 0.05) is 18.4 Å². The van der Waals surface area contributed by atoms with Crippen LogP contribution in [0.2, 0.25) is 0 Å². The molecule has 0 radical (unpaired) electrons. The summed E-state index contributed by atoms with van der Waals surface area (Å²) in [7, 11) is 0. The summed E-state index contributed by atoms with van der Waals surface area (Å²) in [6.45, 7) is 7.21. The molecule has 0 bridgehead atoms. The standard InChI is InChI=1S/C15H20N4/c1-4-9-16-15-17-10-8-14(19-15)18-13-7-5-6-11(2)12(13)3/h5-8,10H,4,9H2,1-3H3,(H2,16,17,18,19). The number of hydrogen-bond donors (Lipinski definition) is 2. The Kier molecular flexibility index (Phi) is 4.34. The van der Waals surface area contributed by atoms with Crippen molar-refractivity contribution in [3.8, 4) is 0 Å². The molecule has 4 nitrogen and oxygen atoms in total. The van der Waals surface area contributed by atoms with Crippen molar-refractivity contribution in [1.29, 1.82) is 0 Å². The van der Waals surface area contributed by atoms with Gasteiger partial charge in [0.15, 0.2) is 0 Å². The minimum Gasteiger partial charge on any atom is -0.354 e. The maximum absolute atomic E-state index is 4.44. The van der Waals surface area contributed by atoms with E-state index in [1.54, 1.807) is 6.20 Å². The maximum atomic E-state index is 4.44. The van der Waals surface area contributed by atoms with Gasteiger partial charge in [-0.2, -0.15) is 4.98 Å². The lowest BCUT2D eigenvalue weighted by atomic mass is 10.1. The molecule has 0 atom stereocenters. The lowest BCUT2D eigenvalue weighted by Gasteiger charge is -2.11. The van der Waals surface area contributed by atoms with Crippen molar-refractivity contribution < 1.29 is 0 Å². The van der Waals surface area contributed by atoms with Gasteiger partial charge in [0.05, 0.1) is 0 Å². The molecule has 0 saturated heterocycles. The average Bonchev–Trinajstić information content (AvgIpc) is 2.42. The summed E-state index contributed by atoms with van der Waals surface area (Å²) < 4.78 is 0. The first kappa shape index (κ1) is 13.3. The van der Waals surface area contributed by atoms with Gasteiger partial charge in [-0.25, -0.2) is 4.98 Å². The van der Waals surface area contributed by atoms with Crippen LogP contribution >= 0.6 is 0 Å². The second-order valence-electron chi connectivity index (χ2n) is 4.56. The third-order valence-electron chi connectivity index (χ3n) is 3.06. The first-order valence-corrected chi connectivity index (χ1v) is 6.61. The second-order valence-corrected chi connectivity index (χ2v) is 4.56. The van der Waals surface area contributed by atoms with Crippen molar-refractivity contribution in [1.82, 2.24) is 9.97 Å². The van der Waals surface area contributed by atoms with Crippen molar-refractivity contribution in [3.05, 3.63) is 41.6 Å². The van der Waals surface area contributed by atoms with Crippen LogP contribution in [0.4, 0.5) is 17.5 Å². The maximum Gasteiger partial charge on any atom is 0.224 e. The molecule has 0 aliphatic rings. The van der Waals surface area contributed by atoms with E-state index in [1.165, 1.54) is 11.1 Å². The molecule has 19 heavy (non-hydrogen) atoms. The summed E-state index contributed by atoms with van der Waals surface area (Å²) in [6, 6.07) is 8.08. The van der Waals surface area contributed by atoms with Crippen molar-refractivity contribution in [2.45, 2.75) is 27.2 Å². The molecule has 100 valence electrons. The Morgan fingerprint density at radius 1 is 1.16 bits per heavy atom. The van der Waals surface area contributed by atoms with Gasteiger partial charge in [0.25, 0.3) is 0 Å². The topological polar surface area (TPSA) is 49.8 Å². The molecule has 0 spiro atoms. The van der Waals surface area contributed by atoms with E-state index in [0.717, 1.165) is 24.5 Å². The third kappa shape index (κ3) is 3.44. The molecule has 4 heteroatoms. The fourth-order valence-corrected chi connectivity index (χ4v) is 1.77. The van der Waals surface area contributed by atoms with E-state index in [2.05, 4.69) is 53.5 Å². The number of nitrogens with one attached hydrogen (secondary N) is 2. The third-order valence-corrected chi connectivity index (χ3v) is 3.06. The first-order valence-electron chi connectivity index (χ1n) is 6.61. The normalized spacial score (nSPS) is 10.3. The molecule has 0 fully saturated rings. The smallest absolute Gasteiger partial charge is 0.224 e. The molecule has 2 aromatic rings. The fraction of sp³-hybridized carbons (Fsp3) is 0.333. The quantitative estimate of drug-likeness (QED) is 0.857. The Bertz CT molecular complexity index is 552. The lowest BCUT2D eigenvalue weighted by molar-refractivity contribution is 0.953. The lowest BCUT2D eigenvalue weighted by Crippen LogP contribution is -2.05. The van der Waals surface area contributed by atoms with Crippen LogP contribution in [0.15, 0.2) is 30.5 Å². The van der Waals surface area contributed by atoms with E-state index in [4.69, 9.17) is 0 Å². The van der Waals surface area contributed by atoms with Crippen LogP contribution in [0.5, 0.6) is 0 Å². The molecule has 0 saturated carbocycles. The van der Waals surface area contributed by atoms with Crippen LogP contribution < -0.4 is 10.6 Å². The molecule has 2 rings (SSSR count). The summed E-state index contributed by atoms with van der Waals surface area (Å²) in [6.07, 6.45) is 2.82. The van der Waals surface area contributed by atoms with E-state index in [9.17, 15) is 0 Å². The van der Waals surface area contributed by atoms with Crippen molar-refractivity contribution in [2.24, 2.45) is 0 Å². The highest BCUT2D eigenvalue weighted by Gasteiger charge is 2.03. The summed E-state index contributed by atoms with van der Waals surface area (Å²) in [5.41, 5.74) is 3.59. The first-order chi connectivity index (χ1) is 9.20. The number of benzene rings is 1. The Balaban J connectivity index is 2.16. The number of anilines is 3. The highest BCUT2D eigenvalue weighted by Crippen LogP contribution is 2.21. The zero-order chi connectivity index (χ0) is 13.7. The van der Waals surface area contributed by atoms with Gasteiger partial charge in [0.2, 0.25) is 5.95 Å². The average molecular weight is 256 g/mol. The molecular formula is C15H20N4. The van der Waals surface area contributed by atoms with Crippen LogP contribution in [-0.2, 0) is 0 Å². The van der Waals surface area contributed by atoms with Crippen molar-refractivity contribution in [2.75, 3.05) is 17.2 Å². The van der Waals surface area contributed by atoms with Gasteiger partial charge in [-0.05, 0) is 43.5 Å². The van der Waals surface area contributed by atoms with Gasteiger partial charge >= 0.3 is 0 Å². The predicted molar refractivity (Wildman–Crippen MR) is 80.0 cm³/mol. The summed E-state index contributed by atoms with van der Waals surface area (Å²) in [4.78, 5) is 8.64. The molecule has 0 aliphatic carbocycles. The van der Waals surface area contributed by atoms with Gasteiger partial charge in [-0.15, -0.1) is 0 Å². The zero-order valence-corrected chi connectivity index (χ0v) is 11.7. The van der Waals surface area contributed by atoms with Gasteiger partial charge in [0.1, 0.15) is 5.82 Å². The Morgan fingerprint density at radius 2 is 2.00 bits per heavy atom. The van der Waals surface area contributed by atoms with E-state index in [1.807, 2.05) is 12.1 Å². The van der Waals surface area contributed by atoms with E-state index < -0.39 is 0 Å². The van der Waals surface area contributed by atoms with Crippen LogP contribution in [-0.4, -0.2) is 16.5 Å². The summed E-state index contributed by atoms with van der Waals surface area (Å²) in [5, 5.41) is 6.52. The SMILES string of the molecule is CCCNc1nccc(Nc2cccc(C)c2C)n1. The van der Waals surface area contributed by atoms with Crippen LogP contribution in [0, 0.1) is 13.8 Å². The molecule has 1 heterocycles. The number of aryl methyl sites for hydroxylation is 1. The second kappa shape index (κ2) is 6.18. The molecular weight excluding hydrogens is 236 g/mol. The highest BCUT2D eigenvalue weighted by atomic mass is 15.1. The van der Waals surface area contributed by atoms with E-state index in [-0.39, 0.29) is 0 Å². The van der Waals surface area contributed by atoms with Crippen LogP contribution in [0.3, 0.4) is 0 Å². The minimum absolute atomic E-state index is 0.664.